The first-order valence-corrected chi connectivity index (χ1v) is 9.03. The van der Waals surface area contributed by atoms with E-state index in [1.54, 1.807) is 12.2 Å². The fourth-order valence-corrected chi connectivity index (χ4v) is 3.40. The van der Waals surface area contributed by atoms with Crippen molar-refractivity contribution < 1.29 is 9.59 Å². The third-order valence-corrected chi connectivity index (χ3v) is 4.67. The second-order valence-electron chi connectivity index (χ2n) is 6.67. The van der Waals surface area contributed by atoms with E-state index in [-0.39, 0.29) is 11.8 Å². The van der Waals surface area contributed by atoms with Crippen molar-refractivity contribution in [3.8, 4) is 0 Å². The van der Waals surface area contributed by atoms with Crippen molar-refractivity contribution in [2.75, 3.05) is 11.9 Å². The Labute approximate surface area is 154 Å². The summed E-state index contributed by atoms with van der Waals surface area (Å²) in [6.45, 7) is 2.14. The van der Waals surface area contributed by atoms with E-state index in [2.05, 4.69) is 34.9 Å². The maximum Gasteiger partial charge on any atom is 0.244 e. The lowest BCUT2D eigenvalue weighted by atomic mass is 9.83. The summed E-state index contributed by atoms with van der Waals surface area (Å²) in [5.74, 6) is 0.213. The molecule has 1 aliphatic rings. The Bertz CT molecular complexity index is 809. The zero-order valence-electron chi connectivity index (χ0n) is 15.0. The van der Waals surface area contributed by atoms with Gasteiger partial charge in [-0.15, -0.1) is 0 Å². The maximum atomic E-state index is 12.1. The van der Waals surface area contributed by atoms with E-state index >= 15 is 0 Å². The molecule has 2 amide bonds. The van der Waals surface area contributed by atoms with E-state index < -0.39 is 0 Å². The molecule has 0 radical (unpaired) electrons. The van der Waals surface area contributed by atoms with Crippen LogP contribution in [0.25, 0.3) is 6.08 Å². The van der Waals surface area contributed by atoms with Crippen molar-refractivity contribution in [2.24, 2.45) is 0 Å². The zero-order valence-corrected chi connectivity index (χ0v) is 15.0. The Balaban J connectivity index is 1.53. The highest BCUT2D eigenvalue weighted by Crippen LogP contribution is 2.30. The molecule has 134 valence electrons. The summed E-state index contributed by atoms with van der Waals surface area (Å²) in [5.41, 5.74) is 4.44. The monoisotopic (exact) mass is 348 g/mol. The van der Waals surface area contributed by atoms with Crippen molar-refractivity contribution in [3.63, 3.8) is 0 Å². The molecule has 1 aliphatic carbocycles. The van der Waals surface area contributed by atoms with Gasteiger partial charge < -0.3 is 10.6 Å². The summed E-state index contributed by atoms with van der Waals surface area (Å²) in [4.78, 5) is 23.1. The molecule has 0 heterocycles. The van der Waals surface area contributed by atoms with Crippen LogP contribution in [-0.2, 0) is 16.0 Å². The van der Waals surface area contributed by atoms with Gasteiger partial charge in [0.2, 0.25) is 11.8 Å². The molecule has 0 saturated heterocycles. The molecule has 4 heteroatoms. The van der Waals surface area contributed by atoms with Gasteiger partial charge in [-0.2, -0.15) is 0 Å². The third-order valence-electron chi connectivity index (χ3n) is 4.67. The second kappa shape index (κ2) is 8.48. The molecule has 0 aromatic heterocycles. The SMILES string of the molecule is CC(=O)Nc1ccc(/C=C/C(=O)NCC2CCCc3ccccc32)cc1. The highest BCUT2D eigenvalue weighted by atomic mass is 16.2. The number of rotatable bonds is 5. The Morgan fingerprint density at radius 2 is 1.88 bits per heavy atom. The first kappa shape index (κ1) is 17.9. The molecule has 4 nitrogen and oxygen atoms in total. The molecule has 1 atom stereocenters. The number of hydrogen-bond acceptors (Lipinski definition) is 2. The van der Waals surface area contributed by atoms with E-state index in [9.17, 15) is 9.59 Å². The van der Waals surface area contributed by atoms with Gasteiger partial charge in [-0.25, -0.2) is 0 Å². The van der Waals surface area contributed by atoms with Crippen LogP contribution in [0.15, 0.2) is 54.6 Å². The topological polar surface area (TPSA) is 58.2 Å². The van der Waals surface area contributed by atoms with Crippen LogP contribution in [0.2, 0.25) is 0 Å². The van der Waals surface area contributed by atoms with Gasteiger partial charge in [0.05, 0.1) is 0 Å². The van der Waals surface area contributed by atoms with Crippen LogP contribution >= 0.6 is 0 Å². The molecule has 0 saturated carbocycles. The largest absolute Gasteiger partial charge is 0.352 e. The molecular formula is C22H24N2O2. The highest BCUT2D eigenvalue weighted by Gasteiger charge is 2.19. The number of nitrogens with one attached hydrogen (secondary N) is 2. The van der Waals surface area contributed by atoms with Gasteiger partial charge in [0.1, 0.15) is 0 Å². The molecule has 2 N–H and O–H groups in total. The Hall–Kier alpha value is -2.88. The lowest BCUT2D eigenvalue weighted by Gasteiger charge is -2.25. The second-order valence-corrected chi connectivity index (χ2v) is 6.67. The normalized spacial score (nSPS) is 16.1. The molecule has 2 aromatic carbocycles. The van der Waals surface area contributed by atoms with E-state index in [0.29, 0.717) is 12.5 Å². The van der Waals surface area contributed by atoms with Crippen LogP contribution in [0, 0.1) is 0 Å². The Kier molecular flexibility index (Phi) is 5.84. The summed E-state index contributed by atoms with van der Waals surface area (Å²) in [6.07, 6.45) is 6.76. The van der Waals surface area contributed by atoms with Gasteiger partial charge in [0, 0.05) is 31.1 Å². The molecule has 0 spiro atoms. The van der Waals surface area contributed by atoms with Crippen LogP contribution < -0.4 is 10.6 Å². The van der Waals surface area contributed by atoms with Gasteiger partial charge in [-0.3, -0.25) is 9.59 Å². The zero-order chi connectivity index (χ0) is 18.4. The fourth-order valence-electron chi connectivity index (χ4n) is 3.40. The van der Waals surface area contributed by atoms with E-state index in [1.165, 1.54) is 24.5 Å². The quantitative estimate of drug-likeness (QED) is 0.805. The summed E-state index contributed by atoms with van der Waals surface area (Å²) >= 11 is 0. The number of amides is 2. The standard InChI is InChI=1S/C22H24N2O2/c1-16(25)24-20-12-9-17(10-13-20)11-14-22(26)23-15-19-7-4-6-18-5-2-3-8-21(18)19/h2-3,5,8-14,19H,4,6-7,15H2,1H3,(H,23,26)(H,24,25)/b14-11+. The van der Waals surface area contributed by atoms with Gasteiger partial charge in [0.15, 0.2) is 0 Å². The minimum absolute atomic E-state index is 0.0843. The summed E-state index contributed by atoms with van der Waals surface area (Å²) in [6, 6.07) is 15.9. The smallest absolute Gasteiger partial charge is 0.244 e. The van der Waals surface area contributed by atoms with Crippen molar-refractivity contribution >= 4 is 23.6 Å². The number of fused-ring (bicyclic) bond motifs is 1. The van der Waals surface area contributed by atoms with Crippen molar-refractivity contribution in [2.45, 2.75) is 32.1 Å². The average molecular weight is 348 g/mol. The number of anilines is 1. The highest BCUT2D eigenvalue weighted by molar-refractivity contribution is 5.92. The number of aryl methyl sites for hydroxylation is 1. The van der Waals surface area contributed by atoms with Crippen molar-refractivity contribution in [1.82, 2.24) is 5.32 Å². The van der Waals surface area contributed by atoms with E-state index in [0.717, 1.165) is 24.1 Å². The third kappa shape index (κ3) is 4.82. The summed E-state index contributed by atoms with van der Waals surface area (Å²) < 4.78 is 0. The van der Waals surface area contributed by atoms with Crippen LogP contribution in [0.5, 0.6) is 0 Å². The van der Waals surface area contributed by atoms with Crippen LogP contribution in [0.4, 0.5) is 5.69 Å². The fraction of sp³-hybridized carbons (Fsp3) is 0.273. The molecule has 0 fully saturated rings. The minimum atomic E-state index is -0.100. The van der Waals surface area contributed by atoms with Gasteiger partial charge in [-0.1, -0.05) is 36.4 Å². The predicted molar refractivity (Wildman–Crippen MR) is 105 cm³/mol. The lowest BCUT2D eigenvalue weighted by molar-refractivity contribution is -0.116. The maximum absolute atomic E-state index is 12.1. The van der Waals surface area contributed by atoms with Crippen molar-refractivity contribution in [1.29, 1.82) is 0 Å². The van der Waals surface area contributed by atoms with Gasteiger partial charge in [0.25, 0.3) is 0 Å². The first-order chi connectivity index (χ1) is 12.6. The molecule has 26 heavy (non-hydrogen) atoms. The van der Waals surface area contributed by atoms with Crippen LogP contribution in [0.1, 0.15) is 42.4 Å². The molecule has 1 unspecified atom stereocenters. The first-order valence-electron chi connectivity index (χ1n) is 9.03. The Morgan fingerprint density at radius 3 is 2.65 bits per heavy atom. The summed E-state index contributed by atoms with van der Waals surface area (Å²) in [5, 5.41) is 5.74. The number of hydrogen-bond donors (Lipinski definition) is 2. The predicted octanol–water partition coefficient (Wildman–Crippen LogP) is 3.89. The molecule has 0 bridgehead atoms. The van der Waals surface area contributed by atoms with E-state index in [4.69, 9.17) is 0 Å². The van der Waals surface area contributed by atoms with E-state index in [1.807, 2.05) is 24.3 Å². The number of benzene rings is 2. The van der Waals surface area contributed by atoms with Crippen molar-refractivity contribution in [3.05, 3.63) is 71.3 Å². The Morgan fingerprint density at radius 1 is 1.12 bits per heavy atom. The lowest BCUT2D eigenvalue weighted by Crippen LogP contribution is -2.28. The molecule has 3 rings (SSSR count). The summed E-state index contributed by atoms with van der Waals surface area (Å²) in [7, 11) is 0. The minimum Gasteiger partial charge on any atom is -0.352 e. The van der Waals surface area contributed by atoms with Crippen LogP contribution in [0.3, 0.4) is 0 Å². The number of carbonyl (C=O) groups is 2. The number of carbonyl (C=O) groups excluding carboxylic acids is 2. The molecule has 2 aromatic rings. The van der Waals surface area contributed by atoms with Gasteiger partial charge in [-0.05, 0) is 54.2 Å². The van der Waals surface area contributed by atoms with Crippen LogP contribution in [-0.4, -0.2) is 18.4 Å². The molecular weight excluding hydrogens is 324 g/mol. The van der Waals surface area contributed by atoms with Gasteiger partial charge >= 0.3 is 0 Å². The average Bonchev–Trinajstić information content (AvgIpc) is 2.65. The molecule has 0 aliphatic heterocycles.